The zero-order valence-corrected chi connectivity index (χ0v) is 21.1. The summed E-state index contributed by atoms with van der Waals surface area (Å²) in [6.07, 6.45) is 0. The maximum Gasteiger partial charge on any atom is 0.355 e. The Kier molecular flexibility index (Phi) is 8.18. The van der Waals surface area contributed by atoms with Gasteiger partial charge >= 0.3 is 11.9 Å². The average molecular weight is 498 g/mol. The number of thiazole rings is 1. The van der Waals surface area contributed by atoms with Gasteiger partial charge in [-0.05, 0) is 45.7 Å². The van der Waals surface area contributed by atoms with Gasteiger partial charge in [0.05, 0.1) is 18.8 Å². The highest BCUT2D eigenvalue weighted by molar-refractivity contribution is 7.17. The number of amides is 1. The first-order valence-electron chi connectivity index (χ1n) is 11.0. The van der Waals surface area contributed by atoms with Gasteiger partial charge in [-0.15, -0.1) is 0 Å². The summed E-state index contributed by atoms with van der Waals surface area (Å²) in [6, 6.07) is 9.26. The van der Waals surface area contributed by atoms with Gasteiger partial charge in [0.25, 0.3) is 5.91 Å². The van der Waals surface area contributed by atoms with Crippen molar-refractivity contribution in [1.29, 1.82) is 0 Å². The molecule has 1 N–H and O–H groups in total. The molecular formula is C25H27N3O6S. The molecule has 1 aromatic carbocycles. The van der Waals surface area contributed by atoms with Crippen LogP contribution in [-0.2, 0) is 20.8 Å². The number of carbonyl (C=O) groups excluding carboxylic acids is 4. The highest BCUT2D eigenvalue weighted by Crippen LogP contribution is 2.28. The van der Waals surface area contributed by atoms with Crippen molar-refractivity contribution in [3.63, 3.8) is 0 Å². The van der Waals surface area contributed by atoms with Crippen LogP contribution in [0.15, 0.2) is 30.3 Å². The van der Waals surface area contributed by atoms with Crippen molar-refractivity contribution < 1.29 is 28.7 Å². The predicted octanol–water partition coefficient (Wildman–Crippen LogP) is 4.17. The van der Waals surface area contributed by atoms with E-state index in [9.17, 15) is 19.2 Å². The standard InChI is InChI=1S/C25H27N3O6S/c1-6-33-24(32)22-16(4)27-25(35-22)28(12-18-10-8-7-9-11-18)19(30)13-34-23(31)21-14(2)20(17(5)29)15(3)26-21/h7-11,26H,6,12-13H2,1-5H3. The first kappa shape index (κ1) is 25.8. The quantitative estimate of drug-likeness (QED) is 0.348. The fourth-order valence-electron chi connectivity index (χ4n) is 3.67. The zero-order chi connectivity index (χ0) is 25.7. The number of benzene rings is 1. The molecular weight excluding hydrogens is 470 g/mol. The second-order valence-electron chi connectivity index (χ2n) is 7.85. The van der Waals surface area contributed by atoms with Gasteiger partial charge in [-0.1, -0.05) is 41.7 Å². The molecule has 2 heterocycles. The van der Waals surface area contributed by atoms with E-state index in [0.717, 1.165) is 16.9 Å². The number of nitrogens with one attached hydrogen (secondary N) is 1. The summed E-state index contributed by atoms with van der Waals surface area (Å²) in [5.41, 5.74) is 2.87. The fraction of sp³-hybridized carbons (Fsp3) is 0.320. The molecule has 10 heteroatoms. The Morgan fingerprint density at radius 3 is 2.31 bits per heavy atom. The van der Waals surface area contributed by atoms with Crippen LogP contribution in [0.3, 0.4) is 0 Å². The lowest BCUT2D eigenvalue weighted by Gasteiger charge is -2.20. The first-order chi connectivity index (χ1) is 16.6. The summed E-state index contributed by atoms with van der Waals surface area (Å²) in [5.74, 6) is -1.93. The third-order valence-electron chi connectivity index (χ3n) is 5.28. The second kappa shape index (κ2) is 11.1. The minimum Gasteiger partial charge on any atom is -0.462 e. The lowest BCUT2D eigenvalue weighted by Crippen LogP contribution is -2.34. The van der Waals surface area contributed by atoms with Crippen LogP contribution < -0.4 is 4.90 Å². The van der Waals surface area contributed by atoms with E-state index in [4.69, 9.17) is 9.47 Å². The normalized spacial score (nSPS) is 10.7. The van der Waals surface area contributed by atoms with E-state index in [1.807, 2.05) is 30.3 Å². The highest BCUT2D eigenvalue weighted by atomic mass is 32.1. The molecule has 0 unspecified atom stereocenters. The number of ether oxygens (including phenoxy) is 2. The minimum absolute atomic E-state index is 0.129. The smallest absolute Gasteiger partial charge is 0.355 e. The second-order valence-corrected chi connectivity index (χ2v) is 8.83. The number of H-pyrrole nitrogens is 1. The maximum atomic E-state index is 13.2. The highest BCUT2D eigenvalue weighted by Gasteiger charge is 2.26. The largest absolute Gasteiger partial charge is 0.462 e. The number of hydrogen-bond acceptors (Lipinski definition) is 8. The Balaban J connectivity index is 1.83. The molecule has 0 atom stereocenters. The van der Waals surface area contributed by atoms with Crippen LogP contribution in [0.25, 0.3) is 0 Å². The van der Waals surface area contributed by atoms with Crippen molar-refractivity contribution in [2.24, 2.45) is 0 Å². The lowest BCUT2D eigenvalue weighted by atomic mass is 10.1. The molecule has 3 aromatic rings. The van der Waals surface area contributed by atoms with Crippen LogP contribution in [0.5, 0.6) is 0 Å². The van der Waals surface area contributed by atoms with Gasteiger partial charge < -0.3 is 14.5 Å². The van der Waals surface area contributed by atoms with Crippen LogP contribution >= 0.6 is 11.3 Å². The molecule has 0 spiro atoms. The van der Waals surface area contributed by atoms with E-state index < -0.39 is 24.5 Å². The molecule has 0 aliphatic rings. The van der Waals surface area contributed by atoms with Gasteiger partial charge in [0.15, 0.2) is 17.5 Å². The zero-order valence-electron chi connectivity index (χ0n) is 20.3. The number of aryl methyl sites for hydroxylation is 2. The van der Waals surface area contributed by atoms with Crippen molar-refractivity contribution in [1.82, 2.24) is 9.97 Å². The van der Waals surface area contributed by atoms with Gasteiger partial charge in [-0.2, -0.15) is 0 Å². The fourth-order valence-corrected chi connectivity index (χ4v) is 4.65. The Morgan fingerprint density at radius 2 is 1.71 bits per heavy atom. The van der Waals surface area contributed by atoms with Crippen molar-refractivity contribution in [3.8, 4) is 0 Å². The SMILES string of the molecule is CCOC(=O)c1sc(N(Cc2ccccc2)C(=O)COC(=O)c2[nH]c(C)c(C(C)=O)c2C)nc1C. The first-order valence-corrected chi connectivity index (χ1v) is 11.8. The van der Waals surface area contributed by atoms with Crippen LogP contribution in [-0.4, -0.2) is 46.8 Å². The summed E-state index contributed by atoms with van der Waals surface area (Å²) in [7, 11) is 0. The maximum absolute atomic E-state index is 13.2. The summed E-state index contributed by atoms with van der Waals surface area (Å²) in [6.45, 7) is 7.98. The van der Waals surface area contributed by atoms with Gasteiger partial charge in [-0.3, -0.25) is 14.5 Å². The Hall–Kier alpha value is -3.79. The lowest BCUT2D eigenvalue weighted by molar-refractivity contribution is -0.121. The van der Waals surface area contributed by atoms with Crippen molar-refractivity contribution in [2.45, 2.75) is 41.2 Å². The van der Waals surface area contributed by atoms with E-state index in [-0.39, 0.29) is 24.6 Å². The Morgan fingerprint density at radius 1 is 1.03 bits per heavy atom. The van der Waals surface area contributed by atoms with Crippen molar-refractivity contribution in [2.75, 3.05) is 18.1 Å². The number of Topliss-reactive ketones (excluding diaryl/α,β-unsaturated/α-hetero) is 1. The molecule has 35 heavy (non-hydrogen) atoms. The van der Waals surface area contributed by atoms with Crippen molar-refractivity contribution in [3.05, 3.63) is 69.0 Å². The molecule has 1 amide bonds. The molecule has 0 radical (unpaired) electrons. The number of aromatic nitrogens is 2. The number of ketones is 1. The van der Waals surface area contributed by atoms with E-state index in [2.05, 4.69) is 9.97 Å². The Labute approximate surface area is 207 Å². The molecule has 2 aromatic heterocycles. The molecule has 0 aliphatic carbocycles. The summed E-state index contributed by atoms with van der Waals surface area (Å²) in [5, 5.41) is 0.293. The Bertz CT molecular complexity index is 1260. The van der Waals surface area contributed by atoms with Crippen LogP contribution in [0, 0.1) is 20.8 Å². The molecule has 3 rings (SSSR count). The molecule has 9 nitrogen and oxygen atoms in total. The molecule has 0 aliphatic heterocycles. The van der Waals surface area contributed by atoms with E-state index in [1.54, 1.807) is 27.7 Å². The van der Waals surface area contributed by atoms with Gasteiger partial charge in [0.1, 0.15) is 10.6 Å². The third kappa shape index (κ3) is 5.83. The molecule has 0 fully saturated rings. The van der Waals surface area contributed by atoms with Crippen LogP contribution in [0.2, 0.25) is 0 Å². The average Bonchev–Trinajstić information content (AvgIpc) is 3.35. The van der Waals surface area contributed by atoms with Crippen LogP contribution in [0.1, 0.15) is 66.9 Å². The minimum atomic E-state index is -0.742. The van der Waals surface area contributed by atoms with E-state index >= 15 is 0 Å². The number of hydrogen-bond donors (Lipinski definition) is 1. The number of esters is 2. The molecule has 0 saturated heterocycles. The molecule has 0 saturated carbocycles. The van der Waals surface area contributed by atoms with Crippen LogP contribution in [0.4, 0.5) is 5.13 Å². The summed E-state index contributed by atoms with van der Waals surface area (Å²) in [4.78, 5) is 59.0. The predicted molar refractivity (Wildman–Crippen MR) is 131 cm³/mol. The number of rotatable bonds is 9. The van der Waals surface area contributed by atoms with Gasteiger partial charge in [0.2, 0.25) is 0 Å². The van der Waals surface area contributed by atoms with Gasteiger partial charge in [0, 0.05) is 11.3 Å². The third-order valence-corrected chi connectivity index (χ3v) is 6.44. The topological polar surface area (TPSA) is 119 Å². The monoisotopic (exact) mass is 497 g/mol. The van der Waals surface area contributed by atoms with Crippen molar-refractivity contribution >= 4 is 40.1 Å². The molecule has 0 bridgehead atoms. The number of carbonyl (C=O) groups is 4. The van der Waals surface area contributed by atoms with Gasteiger partial charge in [-0.25, -0.2) is 14.6 Å². The molecule has 184 valence electrons. The number of nitrogens with zero attached hydrogens (tertiary/aromatic N) is 2. The number of anilines is 1. The summed E-state index contributed by atoms with van der Waals surface area (Å²) < 4.78 is 10.4. The summed E-state index contributed by atoms with van der Waals surface area (Å²) >= 11 is 1.04. The number of aromatic amines is 1. The van der Waals surface area contributed by atoms with E-state index in [0.29, 0.717) is 32.5 Å². The van der Waals surface area contributed by atoms with E-state index in [1.165, 1.54) is 11.8 Å².